The van der Waals surface area contributed by atoms with Crippen LogP contribution in [-0.2, 0) is 16.2 Å². The second-order valence-corrected chi connectivity index (χ2v) is 11.1. The lowest BCUT2D eigenvalue weighted by atomic mass is 10.0. The fraction of sp³-hybridized carbons (Fsp3) is 0.259. The molecule has 3 aromatic rings. The Morgan fingerprint density at radius 3 is 2.42 bits per heavy atom. The van der Waals surface area contributed by atoms with Gasteiger partial charge in [0.1, 0.15) is 5.82 Å². The molecule has 6 heteroatoms. The highest BCUT2D eigenvalue weighted by molar-refractivity contribution is 8.02. The molecule has 0 N–H and O–H groups in total. The number of thioether (sulfide) groups is 1. The molecular weight excluding hydrogens is 435 g/mol. The molecule has 2 amide bonds. The number of nitrogens with zero attached hydrogens (tertiary/aromatic N) is 2. The summed E-state index contributed by atoms with van der Waals surface area (Å²) < 4.78 is 14.2. The predicted octanol–water partition coefficient (Wildman–Crippen LogP) is 5.50. The number of fused-ring (bicyclic) bond motifs is 2. The maximum Gasteiger partial charge on any atom is 0.268 e. The van der Waals surface area contributed by atoms with Crippen molar-refractivity contribution in [2.24, 2.45) is 0 Å². The molecule has 0 bridgehead atoms. The summed E-state index contributed by atoms with van der Waals surface area (Å²) in [6, 6.07) is 21.6. The molecule has 2 heterocycles. The molecule has 0 unspecified atom stereocenters. The number of rotatable bonds is 3. The van der Waals surface area contributed by atoms with Crippen LogP contribution >= 0.6 is 11.8 Å². The van der Waals surface area contributed by atoms with Crippen LogP contribution in [0.15, 0.2) is 72.8 Å². The van der Waals surface area contributed by atoms with Crippen molar-refractivity contribution in [1.82, 2.24) is 4.90 Å². The maximum absolute atomic E-state index is 14.6. The van der Waals surface area contributed by atoms with Crippen LogP contribution in [0.3, 0.4) is 0 Å². The van der Waals surface area contributed by atoms with Gasteiger partial charge < -0.3 is 9.80 Å². The Bertz CT molecular complexity index is 1270. The zero-order valence-corrected chi connectivity index (χ0v) is 19.7. The quantitative estimate of drug-likeness (QED) is 0.518. The Kier molecular flexibility index (Phi) is 5.09. The molecule has 1 spiro atoms. The van der Waals surface area contributed by atoms with Crippen molar-refractivity contribution in [3.05, 3.63) is 101 Å². The number of hydrogen-bond acceptors (Lipinski definition) is 3. The summed E-state index contributed by atoms with van der Waals surface area (Å²) >= 11 is 1.48. The lowest BCUT2D eigenvalue weighted by Crippen LogP contribution is -2.50. The number of carbonyl (C=O) groups is 2. The van der Waals surface area contributed by atoms with E-state index >= 15 is 0 Å². The lowest BCUT2D eigenvalue weighted by Gasteiger charge is -2.33. The van der Waals surface area contributed by atoms with Crippen molar-refractivity contribution in [1.29, 1.82) is 0 Å². The van der Waals surface area contributed by atoms with Gasteiger partial charge in [-0.3, -0.25) is 9.59 Å². The molecule has 0 aromatic heterocycles. The number of carbonyl (C=O) groups excluding carboxylic acids is 2. The van der Waals surface area contributed by atoms with Gasteiger partial charge in [-0.15, -0.1) is 11.8 Å². The number of amides is 2. The van der Waals surface area contributed by atoms with Gasteiger partial charge in [-0.25, -0.2) is 4.39 Å². The van der Waals surface area contributed by atoms with Gasteiger partial charge in [-0.05, 0) is 50.1 Å². The van der Waals surface area contributed by atoms with Crippen molar-refractivity contribution in [3.63, 3.8) is 0 Å². The Morgan fingerprint density at radius 1 is 1.00 bits per heavy atom. The molecule has 2 aliphatic heterocycles. The van der Waals surface area contributed by atoms with Gasteiger partial charge in [0.05, 0.1) is 17.8 Å². The topological polar surface area (TPSA) is 40.6 Å². The summed E-state index contributed by atoms with van der Waals surface area (Å²) in [5, 5.41) is 0. The molecule has 4 nitrogen and oxygen atoms in total. The maximum atomic E-state index is 14.6. The van der Waals surface area contributed by atoms with Gasteiger partial charge in [0, 0.05) is 16.9 Å². The van der Waals surface area contributed by atoms with Gasteiger partial charge >= 0.3 is 0 Å². The fourth-order valence-corrected chi connectivity index (χ4v) is 6.58. The molecule has 5 rings (SSSR count). The minimum Gasteiger partial charge on any atom is -0.310 e. The molecule has 0 aliphatic carbocycles. The highest BCUT2D eigenvalue weighted by Crippen LogP contribution is 2.60. The molecule has 33 heavy (non-hydrogen) atoms. The highest BCUT2D eigenvalue weighted by atomic mass is 32.2. The van der Waals surface area contributed by atoms with Crippen molar-refractivity contribution >= 4 is 29.3 Å². The first-order valence-electron chi connectivity index (χ1n) is 11.0. The van der Waals surface area contributed by atoms with Crippen LogP contribution in [0.4, 0.5) is 10.1 Å². The number of hydrogen-bond donors (Lipinski definition) is 0. The minimum atomic E-state index is -1.23. The number of halogens is 1. The summed E-state index contributed by atoms with van der Waals surface area (Å²) in [4.78, 5) is 30.0. The molecule has 1 fully saturated rings. The third-order valence-corrected chi connectivity index (χ3v) is 7.97. The predicted molar refractivity (Wildman–Crippen MR) is 130 cm³/mol. The van der Waals surface area contributed by atoms with Crippen LogP contribution in [0.2, 0.25) is 0 Å². The lowest BCUT2D eigenvalue weighted by molar-refractivity contribution is -0.123. The molecule has 2 aliphatic rings. The van der Waals surface area contributed by atoms with E-state index in [9.17, 15) is 14.0 Å². The zero-order valence-electron chi connectivity index (χ0n) is 18.8. The second-order valence-electron chi connectivity index (χ2n) is 9.21. The summed E-state index contributed by atoms with van der Waals surface area (Å²) in [5.74, 6) is -1.21. The molecule has 0 saturated carbocycles. The van der Waals surface area contributed by atoms with E-state index in [1.54, 1.807) is 21.9 Å². The fourth-order valence-electron chi connectivity index (χ4n) is 4.85. The molecule has 0 radical (unpaired) electrons. The molecule has 1 atom stereocenters. The summed E-state index contributed by atoms with van der Waals surface area (Å²) in [6.45, 7) is 6.82. The Labute approximate surface area is 197 Å². The van der Waals surface area contributed by atoms with E-state index in [2.05, 4.69) is 0 Å². The van der Waals surface area contributed by atoms with E-state index in [0.29, 0.717) is 13.1 Å². The molecular formula is C27H25FN2O2S. The van der Waals surface area contributed by atoms with Crippen LogP contribution in [0.25, 0.3) is 0 Å². The molecule has 1 saturated heterocycles. The Morgan fingerprint density at radius 2 is 1.67 bits per heavy atom. The van der Waals surface area contributed by atoms with E-state index in [4.69, 9.17) is 0 Å². The van der Waals surface area contributed by atoms with E-state index < -0.39 is 16.6 Å². The summed E-state index contributed by atoms with van der Waals surface area (Å²) in [5.41, 5.74) is 3.71. The van der Waals surface area contributed by atoms with Crippen LogP contribution in [-0.4, -0.2) is 28.0 Å². The first-order valence-corrected chi connectivity index (χ1v) is 11.8. The number of anilines is 1. The van der Waals surface area contributed by atoms with Crippen LogP contribution in [0.5, 0.6) is 0 Å². The SMILES string of the molecule is Cc1ccccc1CN1C(=O)[C@@]2(SC(C)(C)CN2C(=O)c2ccccc2F)c2ccccc21. The summed E-state index contributed by atoms with van der Waals surface area (Å²) in [7, 11) is 0. The average Bonchev–Trinajstić information content (AvgIpc) is 3.21. The van der Waals surface area contributed by atoms with Crippen molar-refractivity contribution in [3.8, 4) is 0 Å². The number of aryl methyl sites for hydroxylation is 1. The second kappa shape index (κ2) is 7.73. The van der Waals surface area contributed by atoms with E-state index in [0.717, 1.165) is 22.4 Å². The van der Waals surface area contributed by atoms with Crippen LogP contribution in [0.1, 0.15) is 40.9 Å². The average molecular weight is 461 g/mol. The highest BCUT2D eigenvalue weighted by Gasteiger charge is 2.63. The third kappa shape index (κ3) is 3.35. The first-order chi connectivity index (χ1) is 15.7. The van der Waals surface area contributed by atoms with Gasteiger partial charge in [0.15, 0.2) is 4.87 Å². The first kappa shape index (κ1) is 21.7. The largest absolute Gasteiger partial charge is 0.310 e. The van der Waals surface area contributed by atoms with Crippen molar-refractivity contribution in [2.45, 2.75) is 36.9 Å². The monoisotopic (exact) mass is 460 g/mol. The number of benzene rings is 3. The minimum absolute atomic E-state index is 0.0159. The van der Waals surface area contributed by atoms with E-state index in [-0.39, 0.29) is 16.2 Å². The van der Waals surface area contributed by atoms with E-state index in [1.165, 1.54) is 23.9 Å². The van der Waals surface area contributed by atoms with Gasteiger partial charge in [0.2, 0.25) is 0 Å². The normalized spacial score (nSPS) is 21.0. The third-order valence-electron chi connectivity index (χ3n) is 6.38. The van der Waals surface area contributed by atoms with Gasteiger partial charge in [-0.1, -0.05) is 54.6 Å². The van der Waals surface area contributed by atoms with Crippen LogP contribution < -0.4 is 4.90 Å². The van der Waals surface area contributed by atoms with Gasteiger partial charge in [0.25, 0.3) is 11.8 Å². The van der Waals surface area contributed by atoms with Crippen molar-refractivity contribution in [2.75, 3.05) is 11.4 Å². The number of para-hydroxylation sites is 1. The standard InChI is InChI=1S/C27H25FN2O2S/c1-18-10-4-5-11-19(18)16-29-23-15-9-7-13-21(23)27(25(29)32)30(17-26(2,3)33-27)24(31)20-12-6-8-14-22(20)28/h4-15H,16-17H2,1-3H3/t27-/m0/s1. The molecule has 168 valence electrons. The Balaban J connectivity index is 1.65. The smallest absolute Gasteiger partial charge is 0.268 e. The molecule has 3 aromatic carbocycles. The van der Waals surface area contributed by atoms with E-state index in [1.807, 2.05) is 69.3 Å². The zero-order chi connectivity index (χ0) is 23.4. The van der Waals surface area contributed by atoms with Crippen molar-refractivity contribution < 1.29 is 14.0 Å². The van der Waals surface area contributed by atoms with Gasteiger partial charge in [-0.2, -0.15) is 0 Å². The van der Waals surface area contributed by atoms with Crippen LogP contribution in [0, 0.1) is 12.7 Å². The Hall–Kier alpha value is -3.12. The summed E-state index contributed by atoms with van der Waals surface area (Å²) in [6.07, 6.45) is 0.